The van der Waals surface area contributed by atoms with Crippen molar-refractivity contribution >= 4 is 110 Å². The number of nitrogens with zero attached hydrogens (tertiary/aromatic N) is 15. The van der Waals surface area contributed by atoms with Crippen LogP contribution in [0.3, 0.4) is 0 Å². The van der Waals surface area contributed by atoms with E-state index >= 15 is 0 Å². The van der Waals surface area contributed by atoms with Crippen LogP contribution in [0.1, 0.15) is 77.5 Å². The first-order valence-electron chi connectivity index (χ1n) is 39.7. The van der Waals surface area contributed by atoms with Crippen molar-refractivity contribution in [2.75, 3.05) is 75.8 Å². The van der Waals surface area contributed by atoms with Gasteiger partial charge in [0.15, 0.2) is 5.82 Å². The molecule has 0 spiro atoms. The average molecular weight is 1700 g/mol. The first kappa shape index (κ1) is 85.7. The van der Waals surface area contributed by atoms with Crippen LogP contribution in [-0.4, -0.2) is 196 Å². The molecule has 39 heteroatoms. The van der Waals surface area contributed by atoms with Gasteiger partial charge in [-0.25, -0.2) is 59.0 Å². The quantitative estimate of drug-likeness (QED) is 0.0280. The normalized spacial score (nSPS) is 11.4. The van der Waals surface area contributed by atoms with E-state index in [9.17, 15) is 38.4 Å². The molecule has 0 saturated heterocycles. The van der Waals surface area contributed by atoms with Crippen molar-refractivity contribution < 1.29 is 52.2 Å². The van der Waals surface area contributed by atoms with E-state index in [0.29, 0.717) is 120 Å². The van der Waals surface area contributed by atoms with Gasteiger partial charge in [0, 0.05) is 146 Å². The molecule has 1 aliphatic rings. The topological polar surface area (TPSA) is 505 Å². The van der Waals surface area contributed by atoms with E-state index in [-0.39, 0.29) is 73.0 Å². The van der Waals surface area contributed by atoms with Gasteiger partial charge in [-0.05, 0) is 174 Å². The fourth-order valence-corrected chi connectivity index (χ4v) is 13.0. The van der Waals surface area contributed by atoms with Crippen LogP contribution in [0.15, 0.2) is 199 Å². The second-order valence-corrected chi connectivity index (χ2v) is 28.2. The number of pyridine rings is 5. The Labute approximate surface area is 716 Å². The number of aromatic amines is 4. The van der Waals surface area contributed by atoms with Gasteiger partial charge in [-0.1, -0.05) is 12.1 Å². The highest BCUT2D eigenvalue weighted by Crippen LogP contribution is 2.38. The monoisotopic (exact) mass is 1700 g/mol. The van der Waals surface area contributed by atoms with Crippen molar-refractivity contribution in [1.29, 1.82) is 0 Å². The largest absolute Gasteiger partial charge is 0.450 e. The van der Waals surface area contributed by atoms with Gasteiger partial charge >= 0.3 is 24.3 Å². The molecular weight excluding hydrogens is 1620 g/mol. The number of anilines is 4. The molecule has 126 heavy (non-hydrogen) atoms. The first-order chi connectivity index (χ1) is 61.1. The SMILES string of the molecule is CCNC(=O)Nc1nc2c(-c3cc(C(=O)NC)ccn3)cc(-c3cccnc3)cc2[nH]1.CCOC(=O)Nc1nc2c(-c3cc(C(=O)NC)ccn3)cc(-c3cccnc3)cc2[nH]1.CCOC(=O)Nc1nc2c(-c3ncc(CN(C)C)o3)cc(-c3ccn(C)c(=O)c3)cc2[nH]1.CCOC(=O)Nc1nc2c(-c3ncccn3)cc(-n3cnc(C(=O)NC4CC4)c3)cc2[nH]1. The molecule has 16 aromatic rings. The Morgan fingerprint density at radius 1 is 0.500 bits per heavy atom. The van der Waals surface area contributed by atoms with Crippen molar-refractivity contribution in [2.45, 2.75) is 53.1 Å². The predicted molar refractivity (Wildman–Crippen MR) is 471 cm³/mol. The minimum atomic E-state index is -0.607. The van der Waals surface area contributed by atoms with Crippen LogP contribution >= 0.6 is 0 Å². The molecule has 0 radical (unpaired) electrons. The van der Waals surface area contributed by atoms with Crippen molar-refractivity contribution in [1.82, 2.24) is 115 Å². The number of ether oxygens (including phenoxy) is 3. The molecule has 1 aliphatic carbocycles. The molecule has 640 valence electrons. The van der Waals surface area contributed by atoms with Crippen molar-refractivity contribution in [2.24, 2.45) is 7.05 Å². The van der Waals surface area contributed by atoms with Gasteiger partial charge in [0.05, 0.1) is 82.6 Å². The number of carbonyl (C=O) groups excluding carboxylic acids is 7. The van der Waals surface area contributed by atoms with Crippen LogP contribution in [0, 0.1) is 0 Å². The van der Waals surface area contributed by atoms with Gasteiger partial charge < -0.3 is 73.9 Å². The van der Waals surface area contributed by atoms with E-state index in [4.69, 9.17) is 18.6 Å². The highest BCUT2D eigenvalue weighted by atomic mass is 16.6. The number of hydrogen-bond acceptors (Lipinski definition) is 25. The predicted octanol–water partition coefficient (Wildman–Crippen LogP) is 12.7. The highest BCUT2D eigenvalue weighted by molar-refractivity contribution is 6.03. The van der Waals surface area contributed by atoms with Gasteiger partial charge in [-0.2, -0.15) is 0 Å². The number of carbonyl (C=O) groups is 7. The molecule has 17 rings (SSSR count). The number of H-pyrrole nitrogens is 4. The summed E-state index contributed by atoms with van der Waals surface area (Å²) in [6.07, 6.45) is 20.2. The van der Waals surface area contributed by atoms with E-state index in [2.05, 4.69) is 122 Å². The lowest BCUT2D eigenvalue weighted by Gasteiger charge is -2.08. The number of oxazole rings is 1. The highest BCUT2D eigenvalue weighted by Gasteiger charge is 2.27. The maximum absolute atomic E-state index is 12.3. The molecule has 12 N–H and O–H groups in total. The third kappa shape index (κ3) is 20.8. The Morgan fingerprint density at radius 3 is 1.47 bits per heavy atom. The van der Waals surface area contributed by atoms with E-state index < -0.39 is 18.3 Å². The number of aromatic nitrogens is 18. The molecule has 12 heterocycles. The van der Waals surface area contributed by atoms with E-state index in [1.54, 1.807) is 157 Å². The number of amides is 8. The second kappa shape index (κ2) is 39.2. The van der Waals surface area contributed by atoms with Crippen LogP contribution in [0.25, 0.3) is 129 Å². The third-order valence-corrected chi connectivity index (χ3v) is 19.0. The maximum atomic E-state index is 12.3. The summed E-state index contributed by atoms with van der Waals surface area (Å²) in [5, 5.41) is 21.3. The standard InChI is InChI=1S/C22H21N7O2.C22H24N6O4.C22H20N6O3.C21H20N8O3/c1-3-25-22(31)29-21-27-18-11-15(14-5-4-7-24-12-14)9-16(19(18)28-21)17-10-13(6-8-26-17)20(30)23-2;1-5-31-22(30)26-21-24-17-9-14(13-6-7-28(4)18(29)10-13)8-16(19(17)25-21)20-23-11-15(32-20)12-27(2)3;1-3-31-22(30)28-21-26-18-11-15(14-5-4-7-24-12-14)9-16(19(18)27-21)17-10-13(6-8-25-17)20(29)23-2;1-2-32-21(31)28-20-26-15-9-13(8-14(17(15)27-20)18-22-6-3-7-23-18)29-10-16(24-11-29)19(30)25-12-4-5-12/h4-12H,3H2,1-2H3,(H,23,30)(H3,25,27,28,29,31);6-11H,5,12H2,1-4H3,(H2,24,25,26,30);4-12H,3H2,1-2H3,(H,23,29)(H2,26,27,28,30);3,6-12H,2,4-5H2,1H3,(H,25,30)(H2,26,27,28,31). The number of nitrogens with one attached hydrogen (secondary N) is 12. The summed E-state index contributed by atoms with van der Waals surface area (Å²) in [6.45, 7) is 8.84. The molecule has 12 aromatic heterocycles. The average Bonchev–Trinajstić information content (AvgIpc) is 1.60. The van der Waals surface area contributed by atoms with Crippen LogP contribution in [0.4, 0.5) is 43.0 Å². The number of rotatable bonds is 22. The van der Waals surface area contributed by atoms with Gasteiger partial charge in [0.1, 0.15) is 28.8 Å². The number of urea groups is 1. The van der Waals surface area contributed by atoms with E-state index in [1.165, 1.54) is 4.57 Å². The van der Waals surface area contributed by atoms with Crippen LogP contribution in [0.5, 0.6) is 0 Å². The molecule has 1 saturated carbocycles. The smallest absolute Gasteiger partial charge is 0.413 e. The maximum Gasteiger partial charge on any atom is 0.413 e. The zero-order valence-electron chi connectivity index (χ0n) is 69.5. The summed E-state index contributed by atoms with van der Waals surface area (Å²) in [7, 11) is 8.74. The number of fused-ring (bicyclic) bond motifs is 4. The summed E-state index contributed by atoms with van der Waals surface area (Å²) in [5.41, 5.74) is 16.0. The van der Waals surface area contributed by atoms with E-state index in [1.807, 2.05) is 105 Å². The second-order valence-electron chi connectivity index (χ2n) is 28.2. The van der Waals surface area contributed by atoms with E-state index in [0.717, 1.165) is 63.0 Å². The molecule has 4 aromatic carbocycles. The Morgan fingerprint density at radius 2 is 0.992 bits per heavy atom. The summed E-state index contributed by atoms with van der Waals surface area (Å²) in [4.78, 5) is 163. The van der Waals surface area contributed by atoms with Gasteiger partial charge in [-0.3, -0.25) is 60.4 Å². The molecule has 39 nitrogen and oxygen atoms in total. The van der Waals surface area contributed by atoms with Crippen molar-refractivity contribution in [3.05, 3.63) is 223 Å². The zero-order chi connectivity index (χ0) is 88.5. The molecular formula is C87H85N27O12. The molecule has 0 bridgehead atoms. The lowest BCUT2D eigenvalue weighted by Crippen LogP contribution is -2.28. The fourth-order valence-electron chi connectivity index (χ4n) is 13.0. The third-order valence-electron chi connectivity index (χ3n) is 19.0. The molecule has 8 amide bonds. The number of benzene rings is 4. The summed E-state index contributed by atoms with van der Waals surface area (Å²) < 4.78 is 24.0. The molecule has 0 unspecified atom stereocenters. The number of hydrogen-bond donors (Lipinski definition) is 12. The first-order valence-corrected chi connectivity index (χ1v) is 39.7. The molecule has 0 aliphatic heterocycles. The van der Waals surface area contributed by atoms with Gasteiger partial charge in [-0.15, -0.1) is 0 Å². The number of aryl methyl sites for hydroxylation is 1. The zero-order valence-corrected chi connectivity index (χ0v) is 69.5. The number of imidazole rings is 5. The fraction of sp³-hybridized carbons (Fsp3) is 0.195. The van der Waals surface area contributed by atoms with Gasteiger partial charge in [0.2, 0.25) is 29.7 Å². The Hall–Kier alpha value is -16.7. The molecule has 0 atom stereocenters. The summed E-state index contributed by atoms with van der Waals surface area (Å²) >= 11 is 0. The Balaban J connectivity index is 0.000000136. The Bertz CT molecular complexity index is 6540. The lowest BCUT2D eigenvalue weighted by molar-refractivity contribution is 0.0942. The van der Waals surface area contributed by atoms with Crippen LogP contribution in [-0.2, 0) is 27.8 Å². The van der Waals surface area contributed by atoms with Crippen LogP contribution in [0.2, 0.25) is 0 Å². The Kier molecular flexibility index (Phi) is 26.6. The summed E-state index contributed by atoms with van der Waals surface area (Å²) in [5.74, 6) is 2.00. The summed E-state index contributed by atoms with van der Waals surface area (Å²) in [6, 6.07) is 34.5. The van der Waals surface area contributed by atoms with Crippen LogP contribution < -0.4 is 48.1 Å². The van der Waals surface area contributed by atoms with Crippen molar-refractivity contribution in [3.8, 4) is 84.4 Å². The minimum absolute atomic E-state index is 0.122. The minimum Gasteiger partial charge on any atom is -0.450 e. The van der Waals surface area contributed by atoms with Crippen molar-refractivity contribution in [3.63, 3.8) is 0 Å². The molecule has 1 fully saturated rings. The lowest BCUT2D eigenvalue weighted by atomic mass is 10.00. The van der Waals surface area contributed by atoms with Gasteiger partial charge in [0.25, 0.3) is 23.3 Å².